The standard InChI is InChI=1S/C28H33FN8/c1-17-11-20(12-22-25(17)34-24-7-8-28(3,4)37(22)24)26-21(29)14-32-27(35-26)33-23-6-5-19(13-31-23)16-36-10-9-30-18(2)15-36/h5-6,11-14,18,30H,7-10,15-16H2,1-4H3,(H,31,32,33,35)/t18-/m0/s1. The van der Waals surface area contributed by atoms with Gasteiger partial charge in [0.05, 0.1) is 17.2 Å². The van der Waals surface area contributed by atoms with Gasteiger partial charge in [-0.05, 0) is 63.4 Å². The minimum absolute atomic E-state index is 0.0208. The van der Waals surface area contributed by atoms with E-state index in [0.717, 1.165) is 67.0 Å². The van der Waals surface area contributed by atoms with Gasteiger partial charge >= 0.3 is 0 Å². The number of nitrogens with zero attached hydrogens (tertiary/aromatic N) is 6. The van der Waals surface area contributed by atoms with E-state index in [1.165, 1.54) is 6.20 Å². The molecule has 2 aliphatic heterocycles. The van der Waals surface area contributed by atoms with Crippen LogP contribution in [0.3, 0.4) is 0 Å². The van der Waals surface area contributed by atoms with Crippen molar-refractivity contribution in [2.45, 2.75) is 58.7 Å². The van der Waals surface area contributed by atoms with Crippen LogP contribution in [-0.2, 0) is 18.5 Å². The first kappa shape index (κ1) is 23.9. The summed E-state index contributed by atoms with van der Waals surface area (Å²) in [7, 11) is 0. The van der Waals surface area contributed by atoms with Gasteiger partial charge in [0.15, 0.2) is 5.82 Å². The number of halogens is 1. The molecule has 1 aromatic carbocycles. The fraction of sp³-hybridized carbons (Fsp3) is 0.429. The summed E-state index contributed by atoms with van der Waals surface area (Å²) in [6.45, 7) is 12.6. The molecule has 0 radical (unpaired) electrons. The predicted octanol–water partition coefficient (Wildman–Crippen LogP) is 4.55. The molecule has 0 amide bonds. The van der Waals surface area contributed by atoms with Crippen LogP contribution in [0.1, 0.15) is 44.1 Å². The van der Waals surface area contributed by atoms with Gasteiger partial charge in [-0.3, -0.25) is 4.90 Å². The largest absolute Gasteiger partial charge is 0.322 e. The molecule has 3 aromatic heterocycles. The number of piperazine rings is 1. The molecule has 192 valence electrons. The van der Waals surface area contributed by atoms with Crippen LogP contribution in [-0.4, -0.2) is 55.1 Å². The molecule has 0 aliphatic carbocycles. The molecule has 2 N–H and O–H groups in total. The van der Waals surface area contributed by atoms with Gasteiger partial charge in [-0.25, -0.2) is 24.3 Å². The monoisotopic (exact) mass is 500 g/mol. The Kier molecular flexibility index (Phi) is 5.92. The molecule has 5 heterocycles. The van der Waals surface area contributed by atoms with Crippen molar-refractivity contribution < 1.29 is 4.39 Å². The lowest BCUT2D eigenvalue weighted by atomic mass is 10.0. The number of fused-ring (bicyclic) bond motifs is 3. The summed E-state index contributed by atoms with van der Waals surface area (Å²) < 4.78 is 17.3. The van der Waals surface area contributed by atoms with Gasteiger partial charge in [-0.15, -0.1) is 0 Å². The van der Waals surface area contributed by atoms with Gasteiger partial charge in [0, 0.05) is 55.9 Å². The molecule has 0 unspecified atom stereocenters. The number of rotatable bonds is 5. The van der Waals surface area contributed by atoms with Crippen molar-refractivity contribution in [3.05, 3.63) is 59.4 Å². The van der Waals surface area contributed by atoms with Crippen molar-refractivity contribution in [3.8, 4) is 11.3 Å². The number of benzene rings is 1. The number of anilines is 2. The zero-order valence-corrected chi connectivity index (χ0v) is 21.8. The Bertz CT molecular complexity index is 1460. The summed E-state index contributed by atoms with van der Waals surface area (Å²) in [5, 5.41) is 6.61. The fourth-order valence-electron chi connectivity index (χ4n) is 5.65. The van der Waals surface area contributed by atoms with Crippen LogP contribution in [0.5, 0.6) is 0 Å². The van der Waals surface area contributed by atoms with Gasteiger partial charge in [0.25, 0.3) is 0 Å². The first-order valence-corrected chi connectivity index (χ1v) is 13.0. The lowest BCUT2D eigenvalue weighted by Crippen LogP contribution is -2.48. The zero-order chi connectivity index (χ0) is 25.7. The molecule has 6 rings (SSSR count). The van der Waals surface area contributed by atoms with Crippen LogP contribution in [0.2, 0.25) is 0 Å². The summed E-state index contributed by atoms with van der Waals surface area (Å²) in [4.78, 5) is 20.6. The van der Waals surface area contributed by atoms with Crippen molar-refractivity contribution in [3.63, 3.8) is 0 Å². The van der Waals surface area contributed by atoms with E-state index in [9.17, 15) is 4.39 Å². The zero-order valence-electron chi connectivity index (χ0n) is 21.8. The van der Waals surface area contributed by atoms with Gasteiger partial charge in [-0.1, -0.05) is 6.07 Å². The second kappa shape index (κ2) is 9.15. The number of aryl methyl sites for hydroxylation is 2. The highest BCUT2D eigenvalue weighted by atomic mass is 19.1. The molecule has 37 heavy (non-hydrogen) atoms. The van der Waals surface area contributed by atoms with Crippen molar-refractivity contribution in [2.75, 3.05) is 25.0 Å². The third kappa shape index (κ3) is 4.57. The Morgan fingerprint density at radius 1 is 1.16 bits per heavy atom. The van der Waals surface area contributed by atoms with E-state index in [1.54, 1.807) is 0 Å². The molecule has 1 atom stereocenters. The van der Waals surface area contributed by atoms with Crippen molar-refractivity contribution in [1.82, 2.24) is 34.7 Å². The minimum Gasteiger partial charge on any atom is -0.322 e. The van der Waals surface area contributed by atoms with Crippen molar-refractivity contribution in [2.24, 2.45) is 0 Å². The molecule has 4 aromatic rings. The fourth-order valence-corrected chi connectivity index (χ4v) is 5.65. The van der Waals surface area contributed by atoms with Gasteiger partial charge < -0.3 is 15.2 Å². The SMILES string of the molecule is Cc1cc(-c2nc(Nc3ccc(CN4CCN[C@@H](C)C4)cn3)ncc2F)cc2c1nc1n2C(C)(C)CC1. The normalized spacial score (nSPS) is 19.3. The Morgan fingerprint density at radius 3 is 2.81 bits per heavy atom. The average Bonchev–Trinajstić information content (AvgIpc) is 3.39. The van der Waals surface area contributed by atoms with Crippen LogP contribution in [0.25, 0.3) is 22.3 Å². The van der Waals surface area contributed by atoms with Crippen LogP contribution in [0, 0.1) is 12.7 Å². The molecule has 0 spiro atoms. The topological polar surface area (TPSA) is 83.8 Å². The maximum Gasteiger partial charge on any atom is 0.229 e. The van der Waals surface area contributed by atoms with Crippen LogP contribution in [0.15, 0.2) is 36.7 Å². The van der Waals surface area contributed by atoms with E-state index >= 15 is 0 Å². The van der Waals surface area contributed by atoms with Gasteiger partial charge in [0.1, 0.15) is 17.3 Å². The van der Waals surface area contributed by atoms with E-state index < -0.39 is 5.82 Å². The molecule has 8 nitrogen and oxygen atoms in total. The second-order valence-corrected chi connectivity index (χ2v) is 11.0. The summed E-state index contributed by atoms with van der Waals surface area (Å²) in [6, 6.07) is 8.44. The highest BCUT2D eigenvalue weighted by molar-refractivity contribution is 5.86. The summed E-state index contributed by atoms with van der Waals surface area (Å²) in [5.41, 5.74) is 5.11. The molecule has 0 saturated carbocycles. The highest BCUT2D eigenvalue weighted by Gasteiger charge is 2.32. The number of imidazole rings is 1. The summed E-state index contributed by atoms with van der Waals surface area (Å²) in [5.74, 6) is 1.56. The average molecular weight is 501 g/mol. The molecule has 9 heteroatoms. The third-order valence-electron chi connectivity index (χ3n) is 7.53. The van der Waals surface area contributed by atoms with Gasteiger partial charge in [-0.2, -0.15) is 0 Å². The van der Waals surface area contributed by atoms with Crippen LogP contribution >= 0.6 is 0 Å². The molecular formula is C28H33FN8. The highest BCUT2D eigenvalue weighted by Crippen LogP contribution is 2.38. The van der Waals surface area contributed by atoms with Gasteiger partial charge in [0.2, 0.25) is 5.95 Å². The lowest BCUT2D eigenvalue weighted by Gasteiger charge is -2.31. The first-order chi connectivity index (χ1) is 17.8. The van der Waals surface area contributed by atoms with E-state index in [2.05, 4.69) is 61.9 Å². The van der Waals surface area contributed by atoms with E-state index in [1.807, 2.05) is 31.3 Å². The Morgan fingerprint density at radius 2 is 2.03 bits per heavy atom. The number of aromatic nitrogens is 5. The first-order valence-electron chi connectivity index (χ1n) is 13.0. The Hall–Kier alpha value is -3.43. The summed E-state index contributed by atoms with van der Waals surface area (Å²) in [6.07, 6.45) is 5.09. The molecule has 2 aliphatic rings. The smallest absolute Gasteiger partial charge is 0.229 e. The Balaban J connectivity index is 1.25. The second-order valence-electron chi connectivity index (χ2n) is 11.0. The van der Waals surface area contributed by atoms with Crippen LogP contribution in [0.4, 0.5) is 16.2 Å². The number of hydrogen-bond donors (Lipinski definition) is 2. The van der Waals surface area contributed by atoms with E-state index in [-0.39, 0.29) is 11.2 Å². The van der Waals surface area contributed by atoms with Crippen LogP contribution < -0.4 is 10.6 Å². The lowest BCUT2D eigenvalue weighted by molar-refractivity contribution is 0.199. The maximum absolute atomic E-state index is 15.0. The number of hydrogen-bond acceptors (Lipinski definition) is 7. The number of pyridine rings is 1. The predicted molar refractivity (Wildman–Crippen MR) is 143 cm³/mol. The molecule has 0 bridgehead atoms. The Labute approximate surface area is 216 Å². The molecular weight excluding hydrogens is 467 g/mol. The van der Waals surface area contributed by atoms with E-state index in [0.29, 0.717) is 23.4 Å². The summed E-state index contributed by atoms with van der Waals surface area (Å²) >= 11 is 0. The minimum atomic E-state index is -0.460. The van der Waals surface area contributed by atoms with Crippen molar-refractivity contribution >= 4 is 22.8 Å². The molecule has 1 saturated heterocycles. The third-order valence-corrected chi connectivity index (χ3v) is 7.53. The van der Waals surface area contributed by atoms with Crippen molar-refractivity contribution in [1.29, 1.82) is 0 Å². The quantitative estimate of drug-likeness (QED) is 0.416. The van der Waals surface area contributed by atoms with E-state index in [4.69, 9.17) is 4.98 Å². The molecule has 1 fully saturated rings. The number of nitrogens with one attached hydrogen (secondary N) is 2. The maximum atomic E-state index is 15.0.